The Kier molecular flexibility index (Phi) is 4.67. The van der Waals surface area contributed by atoms with E-state index in [9.17, 15) is 9.59 Å². The number of aryl methyl sites for hydroxylation is 1. The first-order chi connectivity index (χ1) is 11.5. The third-order valence-electron chi connectivity index (χ3n) is 3.99. The lowest BCUT2D eigenvalue weighted by atomic mass is 10.1. The molecule has 0 aliphatic heterocycles. The summed E-state index contributed by atoms with van der Waals surface area (Å²) in [6.07, 6.45) is 0.610. The van der Waals surface area contributed by atoms with Gasteiger partial charge in [-0.2, -0.15) is 0 Å². The molecule has 2 aromatic carbocycles. The van der Waals surface area contributed by atoms with Gasteiger partial charge < -0.3 is 10.3 Å². The van der Waals surface area contributed by atoms with Crippen molar-refractivity contribution in [2.24, 2.45) is 0 Å². The average Bonchev–Trinajstić information content (AvgIpc) is 2.57. The summed E-state index contributed by atoms with van der Waals surface area (Å²) in [4.78, 5) is 27.1. The zero-order valence-electron chi connectivity index (χ0n) is 13.2. The minimum absolute atomic E-state index is 0.145. The predicted molar refractivity (Wildman–Crippen MR) is 97.7 cm³/mol. The van der Waals surface area contributed by atoms with Gasteiger partial charge in [0.1, 0.15) is 0 Å². The number of benzene rings is 2. The molecule has 0 bridgehead atoms. The molecule has 3 aromatic rings. The van der Waals surface area contributed by atoms with Crippen molar-refractivity contribution in [2.45, 2.75) is 19.8 Å². The van der Waals surface area contributed by atoms with Gasteiger partial charge in [-0.3, -0.25) is 9.59 Å². The molecule has 1 amide bonds. The number of amides is 1. The van der Waals surface area contributed by atoms with E-state index in [1.165, 1.54) is 0 Å². The molecule has 122 valence electrons. The first kappa shape index (κ1) is 16.3. The van der Waals surface area contributed by atoms with E-state index >= 15 is 0 Å². The molecule has 0 saturated heterocycles. The van der Waals surface area contributed by atoms with Crippen LogP contribution < -0.4 is 10.9 Å². The van der Waals surface area contributed by atoms with Crippen molar-refractivity contribution >= 4 is 34.1 Å². The van der Waals surface area contributed by atoms with E-state index in [1.54, 1.807) is 12.1 Å². The lowest BCUT2D eigenvalue weighted by Crippen LogP contribution is -2.17. The van der Waals surface area contributed by atoms with Crippen molar-refractivity contribution in [1.82, 2.24) is 4.98 Å². The Morgan fingerprint density at radius 1 is 1.17 bits per heavy atom. The van der Waals surface area contributed by atoms with E-state index < -0.39 is 0 Å². The molecule has 0 aliphatic carbocycles. The van der Waals surface area contributed by atoms with Gasteiger partial charge in [0.15, 0.2) is 0 Å². The smallest absolute Gasteiger partial charge is 0.251 e. The molecule has 3 rings (SSSR count). The van der Waals surface area contributed by atoms with Gasteiger partial charge in [-0.1, -0.05) is 35.9 Å². The summed E-state index contributed by atoms with van der Waals surface area (Å²) >= 11 is 6.05. The van der Waals surface area contributed by atoms with Crippen LogP contribution in [0.4, 0.5) is 5.69 Å². The second-order valence-corrected chi connectivity index (χ2v) is 6.08. The number of fused-ring (bicyclic) bond motifs is 1. The number of H-pyrrole nitrogens is 1. The number of pyridine rings is 1. The first-order valence-corrected chi connectivity index (χ1v) is 8.08. The second-order valence-electron chi connectivity index (χ2n) is 5.67. The Morgan fingerprint density at radius 3 is 2.79 bits per heavy atom. The van der Waals surface area contributed by atoms with Gasteiger partial charge in [-0.05, 0) is 48.6 Å². The highest BCUT2D eigenvalue weighted by atomic mass is 35.5. The van der Waals surface area contributed by atoms with Crippen molar-refractivity contribution in [3.63, 3.8) is 0 Å². The summed E-state index contributed by atoms with van der Waals surface area (Å²) in [7, 11) is 0. The number of hydrogen-bond donors (Lipinski definition) is 2. The highest BCUT2D eigenvalue weighted by Crippen LogP contribution is 2.23. The number of para-hydroxylation sites is 1. The predicted octanol–water partition coefficient (Wildman–Crippen LogP) is 4.06. The molecule has 4 nitrogen and oxygen atoms in total. The molecule has 0 aliphatic rings. The van der Waals surface area contributed by atoms with E-state index in [0.717, 1.165) is 16.5 Å². The van der Waals surface area contributed by atoms with Crippen LogP contribution in [0.25, 0.3) is 10.9 Å². The SMILES string of the molecule is Cc1c(Cl)cccc1NC(=O)CCc1cc2ccccc2[nH]c1=O. The Labute approximate surface area is 144 Å². The summed E-state index contributed by atoms with van der Waals surface area (Å²) in [5, 5.41) is 4.41. The Balaban J connectivity index is 1.71. The molecule has 1 aromatic heterocycles. The van der Waals surface area contributed by atoms with E-state index in [2.05, 4.69) is 10.3 Å². The first-order valence-electron chi connectivity index (χ1n) is 7.70. The number of rotatable bonds is 4. The van der Waals surface area contributed by atoms with Crippen LogP contribution in [-0.2, 0) is 11.2 Å². The van der Waals surface area contributed by atoms with Crippen LogP contribution in [0.3, 0.4) is 0 Å². The molecule has 2 N–H and O–H groups in total. The van der Waals surface area contributed by atoms with Crippen LogP contribution in [0, 0.1) is 6.92 Å². The minimum Gasteiger partial charge on any atom is -0.326 e. The van der Waals surface area contributed by atoms with Crippen LogP contribution in [-0.4, -0.2) is 10.9 Å². The molecule has 0 fully saturated rings. The monoisotopic (exact) mass is 340 g/mol. The number of halogens is 1. The summed E-state index contributed by atoms with van der Waals surface area (Å²) in [5.41, 5.74) is 2.77. The number of carbonyl (C=O) groups is 1. The molecular formula is C19H17ClN2O2. The molecule has 0 saturated carbocycles. The number of anilines is 1. The Morgan fingerprint density at radius 2 is 1.96 bits per heavy atom. The van der Waals surface area contributed by atoms with Crippen molar-refractivity contribution in [1.29, 1.82) is 0 Å². The molecule has 0 radical (unpaired) electrons. The highest BCUT2D eigenvalue weighted by molar-refractivity contribution is 6.31. The van der Waals surface area contributed by atoms with Gasteiger partial charge in [0.2, 0.25) is 5.91 Å². The van der Waals surface area contributed by atoms with Gasteiger partial charge in [-0.25, -0.2) is 0 Å². The lowest BCUT2D eigenvalue weighted by Gasteiger charge is -2.09. The maximum atomic E-state index is 12.2. The minimum atomic E-state index is -0.152. The number of carbonyl (C=O) groups excluding carboxylic acids is 1. The summed E-state index contributed by atoms with van der Waals surface area (Å²) < 4.78 is 0. The lowest BCUT2D eigenvalue weighted by molar-refractivity contribution is -0.116. The summed E-state index contributed by atoms with van der Waals surface area (Å²) in [5.74, 6) is -0.145. The van der Waals surface area contributed by atoms with Crippen LogP contribution in [0.5, 0.6) is 0 Å². The molecule has 0 atom stereocenters. The fourth-order valence-corrected chi connectivity index (χ4v) is 2.76. The van der Waals surface area contributed by atoms with Gasteiger partial charge in [-0.15, -0.1) is 0 Å². The standard InChI is InChI=1S/C19H17ClN2O2/c1-12-15(20)6-4-8-16(12)21-18(23)10-9-14-11-13-5-2-3-7-17(13)22-19(14)24/h2-8,11H,9-10H2,1H3,(H,21,23)(H,22,24). The average molecular weight is 341 g/mol. The number of hydrogen-bond acceptors (Lipinski definition) is 2. The quantitative estimate of drug-likeness (QED) is 0.752. The van der Waals surface area contributed by atoms with Gasteiger partial charge in [0, 0.05) is 28.2 Å². The van der Waals surface area contributed by atoms with Crippen molar-refractivity contribution < 1.29 is 4.79 Å². The summed E-state index contributed by atoms with van der Waals surface area (Å²) in [6.45, 7) is 1.85. The van der Waals surface area contributed by atoms with Gasteiger partial charge in [0.05, 0.1) is 0 Å². The van der Waals surface area contributed by atoms with Crippen LogP contribution >= 0.6 is 11.6 Å². The van der Waals surface area contributed by atoms with Crippen molar-refractivity contribution in [3.8, 4) is 0 Å². The molecule has 24 heavy (non-hydrogen) atoms. The third kappa shape index (κ3) is 3.49. The third-order valence-corrected chi connectivity index (χ3v) is 4.40. The van der Waals surface area contributed by atoms with Gasteiger partial charge in [0.25, 0.3) is 5.56 Å². The van der Waals surface area contributed by atoms with E-state index in [0.29, 0.717) is 22.7 Å². The van der Waals surface area contributed by atoms with E-state index in [4.69, 9.17) is 11.6 Å². The maximum absolute atomic E-state index is 12.2. The molecular weight excluding hydrogens is 324 g/mol. The fourth-order valence-electron chi connectivity index (χ4n) is 2.58. The second kappa shape index (κ2) is 6.89. The molecule has 0 spiro atoms. The Bertz CT molecular complexity index is 963. The highest BCUT2D eigenvalue weighted by Gasteiger charge is 2.09. The van der Waals surface area contributed by atoms with Gasteiger partial charge >= 0.3 is 0 Å². The zero-order valence-corrected chi connectivity index (χ0v) is 14.0. The van der Waals surface area contributed by atoms with Crippen LogP contribution in [0.15, 0.2) is 53.3 Å². The molecule has 0 unspecified atom stereocenters. The maximum Gasteiger partial charge on any atom is 0.251 e. The van der Waals surface area contributed by atoms with Crippen molar-refractivity contribution in [2.75, 3.05) is 5.32 Å². The Hall–Kier alpha value is -2.59. The van der Waals surface area contributed by atoms with Crippen LogP contribution in [0.1, 0.15) is 17.5 Å². The summed E-state index contributed by atoms with van der Waals surface area (Å²) in [6, 6.07) is 14.8. The van der Waals surface area contributed by atoms with E-state index in [-0.39, 0.29) is 17.9 Å². The van der Waals surface area contributed by atoms with Crippen molar-refractivity contribution in [3.05, 3.63) is 75.0 Å². The zero-order chi connectivity index (χ0) is 17.1. The molecule has 1 heterocycles. The van der Waals surface area contributed by atoms with E-state index in [1.807, 2.05) is 43.3 Å². The molecule has 5 heteroatoms. The number of nitrogens with one attached hydrogen (secondary N) is 2. The van der Waals surface area contributed by atoms with Crippen LogP contribution in [0.2, 0.25) is 5.02 Å². The topological polar surface area (TPSA) is 62.0 Å². The number of aromatic nitrogens is 1. The largest absolute Gasteiger partial charge is 0.326 e. The number of aromatic amines is 1. The fraction of sp³-hybridized carbons (Fsp3) is 0.158. The normalized spacial score (nSPS) is 10.8.